The van der Waals surface area contributed by atoms with Gasteiger partial charge in [-0.05, 0) is 68.0 Å². The summed E-state index contributed by atoms with van der Waals surface area (Å²) in [6, 6.07) is 9.41. The summed E-state index contributed by atoms with van der Waals surface area (Å²) in [4.78, 5) is 24.1. The van der Waals surface area contributed by atoms with Crippen molar-refractivity contribution in [2.75, 3.05) is 32.6 Å². The molecule has 1 saturated heterocycles. The Kier molecular flexibility index (Phi) is 10.6. The Morgan fingerprint density at radius 2 is 1.71 bits per heavy atom. The summed E-state index contributed by atoms with van der Waals surface area (Å²) in [5.74, 6) is -2.72. The van der Waals surface area contributed by atoms with E-state index in [4.69, 9.17) is 19.4 Å². The number of hydrogen-bond donors (Lipinski definition) is 3. The highest BCUT2D eigenvalue weighted by molar-refractivity contribution is 5.89. The monoisotopic (exact) mass is 601 g/mol. The second-order valence-corrected chi connectivity index (χ2v) is 10.9. The van der Waals surface area contributed by atoms with E-state index >= 15 is 0 Å². The van der Waals surface area contributed by atoms with Crippen molar-refractivity contribution in [3.63, 3.8) is 0 Å². The molecule has 2 aromatic rings. The van der Waals surface area contributed by atoms with Crippen molar-refractivity contribution >= 4 is 17.7 Å². The molecule has 3 atom stereocenters. The highest BCUT2D eigenvalue weighted by Gasteiger charge is 2.51. The quantitative estimate of drug-likeness (QED) is 0.339. The molecule has 0 bridgehead atoms. The third kappa shape index (κ3) is 7.81. The van der Waals surface area contributed by atoms with Crippen molar-refractivity contribution in [3.8, 4) is 11.5 Å². The van der Waals surface area contributed by atoms with Gasteiger partial charge in [0.15, 0.2) is 23.1 Å². The Balaban J connectivity index is 0.000000616. The van der Waals surface area contributed by atoms with E-state index in [2.05, 4.69) is 41.5 Å². The molecule has 0 spiro atoms. The fourth-order valence-corrected chi connectivity index (χ4v) is 5.87. The maximum atomic E-state index is 13.5. The van der Waals surface area contributed by atoms with Crippen LogP contribution in [0.5, 0.6) is 11.5 Å². The van der Waals surface area contributed by atoms with Crippen molar-refractivity contribution < 1.29 is 46.1 Å². The number of nitrogens with zero attached hydrogens (tertiary/aromatic N) is 1. The Morgan fingerprint density at radius 3 is 2.29 bits per heavy atom. The maximum Gasteiger partial charge on any atom is 0.490 e. The molecule has 2 fully saturated rings. The number of alkyl halides is 3. The van der Waals surface area contributed by atoms with Crippen LogP contribution in [-0.4, -0.2) is 67.6 Å². The standard InChI is InChI=1S/C27H35F2N3O3.C2HF3O2/c1-17(2)16-32-12-11-27(18-5-8-23(34-3)24(13-18)35-4)10-9-20(15-25(27)32)31-26(33)30-19-6-7-21(28)22(29)14-19;3-2(4,5)1(6)7/h5-8,13-14,17,20,25H,9-12,15-16H2,1-4H3,(H2,30,31,33);(H,6,7)/t20-,25+,27+;/m1./s1. The first kappa shape index (κ1) is 32.9. The summed E-state index contributed by atoms with van der Waals surface area (Å²) in [5.41, 5.74) is 1.44. The zero-order valence-electron chi connectivity index (χ0n) is 23.9. The van der Waals surface area contributed by atoms with E-state index in [1.54, 1.807) is 14.2 Å². The van der Waals surface area contributed by atoms with Gasteiger partial charge in [-0.15, -0.1) is 0 Å². The predicted molar refractivity (Wildman–Crippen MR) is 146 cm³/mol. The average molecular weight is 602 g/mol. The van der Waals surface area contributed by atoms with Crippen molar-refractivity contribution in [1.29, 1.82) is 0 Å². The van der Waals surface area contributed by atoms with Crippen LogP contribution < -0.4 is 20.1 Å². The van der Waals surface area contributed by atoms with E-state index in [9.17, 15) is 26.7 Å². The second-order valence-electron chi connectivity index (χ2n) is 10.9. The predicted octanol–water partition coefficient (Wildman–Crippen LogP) is 5.96. The minimum absolute atomic E-state index is 0.0219. The lowest BCUT2D eigenvalue weighted by atomic mass is 9.65. The number of fused-ring (bicyclic) bond motifs is 1. The number of benzene rings is 2. The summed E-state index contributed by atoms with van der Waals surface area (Å²) in [7, 11) is 3.30. The van der Waals surface area contributed by atoms with E-state index < -0.39 is 29.8 Å². The number of halogens is 5. The van der Waals surface area contributed by atoms with Gasteiger partial charge in [-0.1, -0.05) is 19.9 Å². The van der Waals surface area contributed by atoms with Crippen LogP contribution in [0.1, 0.15) is 45.1 Å². The van der Waals surface area contributed by atoms with Crippen molar-refractivity contribution in [2.24, 2.45) is 5.92 Å². The van der Waals surface area contributed by atoms with Crippen LogP contribution in [0.25, 0.3) is 0 Å². The van der Waals surface area contributed by atoms with Crippen molar-refractivity contribution in [3.05, 3.63) is 53.6 Å². The van der Waals surface area contributed by atoms with Gasteiger partial charge in [-0.3, -0.25) is 4.90 Å². The number of hydrogen-bond acceptors (Lipinski definition) is 5. The fourth-order valence-electron chi connectivity index (χ4n) is 5.87. The van der Waals surface area contributed by atoms with Gasteiger partial charge in [0.1, 0.15) is 0 Å². The number of amides is 2. The Labute approximate surface area is 241 Å². The van der Waals surface area contributed by atoms with E-state index in [1.807, 2.05) is 6.07 Å². The number of methoxy groups -OCH3 is 2. The van der Waals surface area contributed by atoms with Crippen LogP contribution in [-0.2, 0) is 10.2 Å². The molecule has 3 N–H and O–H groups in total. The molecule has 0 aromatic heterocycles. The van der Waals surface area contributed by atoms with Crippen molar-refractivity contribution in [1.82, 2.24) is 10.2 Å². The normalized spacial score (nSPS) is 22.0. The second kappa shape index (κ2) is 13.6. The molecule has 2 amide bonds. The molecule has 1 aliphatic carbocycles. The Bertz CT molecular complexity index is 1260. The summed E-state index contributed by atoms with van der Waals surface area (Å²) >= 11 is 0. The molecular weight excluding hydrogens is 565 g/mol. The van der Waals surface area contributed by atoms with Gasteiger partial charge >= 0.3 is 18.2 Å². The molecule has 1 heterocycles. The van der Waals surface area contributed by atoms with E-state index in [1.165, 1.54) is 11.6 Å². The summed E-state index contributed by atoms with van der Waals surface area (Å²) in [6.07, 6.45) is -1.47. The number of nitrogens with one attached hydrogen (secondary N) is 2. The van der Waals surface area contributed by atoms with Gasteiger partial charge in [-0.2, -0.15) is 13.2 Å². The molecular formula is C29H36F5N3O5. The molecule has 0 unspecified atom stereocenters. The highest BCUT2D eigenvalue weighted by atomic mass is 19.4. The third-order valence-corrected chi connectivity index (χ3v) is 7.68. The molecule has 2 aromatic carbocycles. The molecule has 1 saturated carbocycles. The van der Waals surface area contributed by atoms with Gasteiger partial charge in [0.2, 0.25) is 0 Å². The molecule has 232 valence electrons. The third-order valence-electron chi connectivity index (χ3n) is 7.68. The molecule has 2 aliphatic rings. The number of anilines is 1. The Hall–Kier alpha value is -3.61. The number of aliphatic carboxylic acids is 1. The van der Waals surface area contributed by atoms with Gasteiger partial charge in [-0.25, -0.2) is 18.4 Å². The molecule has 13 heteroatoms. The number of rotatable bonds is 7. The molecule has 1 aliphatic heterocycles. The summed E-state index contributed by atoms with van der Waals surface area (Å²) in [5, 5.41) is 12.8. The van der Waals surface area contributed by atoms with Crippen LogP contribution >= 0.6 is 0 Å². The van der Waals surface area contributed by atoms with Crippen LogP contribution in [0.4, 0.5) is 32.4 Å². The van der Waals surface area contributed by atoms with Gasteiger partial charge in [0.05, 0.1) is 14.2 Å². The molecule has 8 nitrogen and oxygen atoms in total. The van der Waals surface area contributed by atoms with Crippen LogP contribution in [0, 0.1) is 17.6 Å². The lowest BCUT2D eigenvalue weighted by Gasteiger charge is -2.46. The van der Waals surface area contributed by atoms with E-state index in [0.29, 0.717) is 11.7 Å². The number of carboxylic acids is 1. The van der Waals surface area contributed by atoms with E-state index in [0.717, 1.165) is 56.7 Å². The van der Waals surface area contributed by atoms with Gasteiger partial charge < -0.3 is 25.2 Å². The van der Waals surface area contributed by atoms with Gasteiger partial charge in [0.25, 0.3) is 0 Å². The minimum atomic E-state index is -5.08. The fraction of sp³-hybridized carbons (Fsp3) is 0.517. The maximum absolute atomic E-state index is 13.5. The number of carbonyl (C=O) groups excluding carboxylic acids is 1. The molecule has 42 heavy (non-hydrogen) atoms. The zero-order chi connectivity index (χ0) is 31.2. The first-order chi connectivity index (χ1) is 19.7. The smallest absolute Gasteiger partial charge is 0.490 e. The van der Waals surface area contributed by atoms with E-state index in [-0.39, 0.29) is 23.2 Å². The average Bonchev–Trinajstić information content (AvgIpc) is 3.28. The van der Waals surface area contributed by atoms with Crippen LogP contribution in [0.15, 0.2) is 36.4 Å². The number of urea groups is 1. The zero-order valence-corrected chi connectivity index (χ0v) is 23.9. The summed E-state index contributed by atoms with van der Waals surface area (Å²) in [6.45, 7) is 6.45. The topological polar surface area (TPSA) is 100 Å². The first-order valence-corrected chi connectivity index (χ1v) is 13.5. The number of likely N-dealkylation sites (tertiary alicyclic amines) is 1. The summed E-state index contributed by atoms with van der Waals surface area (Å²) < 4.78 is 69.5. The SMILES string of the molecule is COc1ccc([C@@]23CC[C@@H](NC(=O)Nc4ccc(F)c(F)c4)C[C@@H]2N(CC(C)C)CC3)cc1OC.O=C(O)C(F)(F)F. The Morgan fingerprint density at radius 1 is 1.05 bits per heavy atom. The largest absolute Gasteiger partial charge is 0.493 e. The van der Waals surface area contributed by atoms with Crippen LogP contribution in [0.2, 0.25) is 0 Å². The number of carbonyl (C=O) groups is 2. The number of ether oxygens (including phenoxy) is 2. The van der Waals surface area contributed by atoms with Gasteiger partial charge in [0, 0.05) is 35.8 Å². The molecule has 4 rings (SSSR count). The lowest BCUT2D eigenvalue weighted by molar-refractivity contribution is -0.192. The highest BCUT2D eigenvalue weighted by Crippen LogP contribution is 2.50. The molecule has 0 radical (unpaired) electrons. The minimum Gasteiger partial charge on any atom is -0.493 e. The first-order valence-electron chi connectivity index (χ1n) is 13.5. The lowest BCUT2D eigenvalue weighted by Crippen LogP contribution is -2.53. The number of carboxylic acid groups (broad SMARTS) is 1. The van der Waals surface area contributed by atoms with Crippen molar-refractivity contribution in [2.45, 2.75) is 63.2 Å². The van der Waals surface area contributed by atoms with Crippen LogP contribution in [0.3, 0.4) is 0 Å².